The number of hydrogen-bond acceptors (Lipinski definition) is 12. The van der Waals surface area contributed by atoms with Gasteiger partial charge in [-0.25, -0.2) is 0 Å². The Bertz CT molecular complexity index is 937. The van der Waals surface area contributed by atoms with Crippen molar-refractivity contribution in [3.05, 3.63) is 73.5 Å². The van der Waals surface area contributed by atoms with E-state index >= 15 is 0 Å². The van der Waals surface area contributed by atoms with Crippen LogP contribution in [0.15, 0.2) is 59.1 Å². The van der Waals surface area contributed by atoms with Crippen molar-refractivity contribution in [3.8, 4) is 5.75 Å². The van der Waals surface area contributed by atoms with Gasteiger partial charge in [-0.05, 0) is 50.3 Å². The first-order chi connectivity index (χ1) is 21.9. The number of allylic oxidation sites excluding steroid dienone is 2. The van der Waals surface area contributed by atoms with Gasteiger partial charge in [0.1, 0.15) is 31.7 Å². The molecule has 1 fully saturated rings. The van der Waals surface area contributed by atoms with Crippen molar-refractivity contribution >= 4 is 18.1 Å². The molecule has 256 valence electrons. The van der Waals surface area contributed by atoms with Crippen LogP contribution < -0.4 is 4.74 Å². The Kier molecular flexibility index (Phi) is 32.2. The van der Waals surface area contributed by atoms with Crippen LogP contribution in [0.1, 0.15) is 79.1 Å². The largest absolute Gasteiger partial charge is 0.493 e. The van der Waals surface area contributed by atoms with E-state index in [2.05, 4.69) is 63.1 Å². The summed E-state index contributed by atoms with van der Waals surface area (Å²) in [5, 5.41) is 14.9. The number of benzene rings is 1. The Labute approximate surface area is 271 Å². The van der Waals surface area contributed by atoms with Crippen molar-refractivity contribution in [3.63, 3.8) is 0 Å². The zero-order valence-corrected chi connectivity index (χ0v) is 27.7. The van der Waals surface area contributed by atoms with Crippen LogP contribution in [0.2, 0.25) is 5.02 Å². The molecule has 3 unspecified atom stereocenters. The fraction of sp³-hybridized carbons (Fsp3) is 0.645. The normalized spacial score (nSPS) is 15.7. The second kappa shape index (κ2) is 33.3. The third-order valence-corrected chi connectivity index (χ3v) is 6.06. The molecule has 1 saturated carbocycles. The van der Waals surface area contributed by atoms with Crippen LogP contribution in [0.25, 0.3) is 0 Å². The van der Waals surface area contributed by atoms with E-state index in [-0.39, 0.29) is 32.3 Å². The third-order valence-electron chi connectivity index (χ3n) is 5.82. The van der Waals surface area contributed by atoms with Crippen LogP contribution in [0, 0.1) is 25.8 Å². The van der Waals surface area contributed by atoms with Gasteiger partial charge in [-0.1, -0.05) is 94.1 Å². The Morgan fingerprint density at radius 1 is 1.07 bits per heavy atom. The van der Waals surface area contributed by atoms with Gasteiger partial charge in [-0.15, -0.1) is 15.0 Å². The van der Waals surface area contributed by atoms with Crippen molar-refractivity contribution in [2.45, 2.75) is 91.2 Å². The van der Waals surface area contributed by atoms with Gasteiger partial charge in [0, 0.05) is 10.9 Å². The lowest BCUT2D eigenvalue weighted by molar-refractivity contribution is -0.759. The maximum absolute atomic E-state index is 10.6. The molecule has 1 aromatic rings. The van der Waals surface area contributed by atoms with Crippen molar-refractivity contribution in [2.24, 2.45) is 16.4 Å². The molecule has 0 aromatic heterocycles. The molecule has 3 atom stereocenters. The molecular formula is C31H50ClN3O10. The minimum absolute atomic E-state index is 0.0231. The molecule has 2 rings (SSSR count). The number of nitrogens with zero attached hydrogens (tertiary/aromatic N) is 3. The summed E-state index contributed by atoms with van der Waals surface area (Å²) in [5.41, 5.74) is 0. The highest BCUT2D eigenvalue weighted by Crippen LogP contribution is 2.29. The van der Waals surface area contributed by atoms with Crippen LogP contribution >= 0.6 is 11.6 Å². The highest BCUT2D eigenvalue weighted by molar-refractivity contribution is 6.30. The Hall–Kier alpha value is -3.58. The minimum atomic E-state index is -0.999. The summed E-state index contributed by atoms with van der Waals surface area (Å²) >= 11 is 5.87. The Morgan fingerprint density at radius 2 is 1.84 bits per heavy atom. The lowest BCUT2D eigenvalue weighted by atomic mass is 10.0. The van der Waals surface area contributed by atoms with Gasteiger partial charge in [0.15, 0.2) is 5.34 Å². The van der Waals surface area contributed by atoms with Gasteiger partial charge >= 0.3 is 0 Å². The van der Waals surface area contributed by atoms with E-state index in [9.17, 15) is 24.7 Å². The van der Waals surface area contributed by atoms with Crippen LogP contribution in [0.5, 0.6) is 5.75 Å². The predicted molar refractivity (Wildman–Crippen MR) is 174 cm³/mol. The highest BCUT2D eigenvalue weighted by atomic mass is 35.5. The number of nitroso groups, excluding NO2 is 1. The second-order valence-corrected chi connectivity index (χ2v) is 9.60. The number of halogens is 1. The SMILES string of the molecule is CC.CC/C=C\CCCC.O=COCC(CO[N+](=O)[O-])OCCON=O.O=NC1CCCC1/C=C/CCOc1cccc(Cl)c1. The molecule has 0 heterocycles. The van der Waals surface area contributed by atoms with Gasteiger partial charge < -0.3 is 23.9 Å². The zero-order chi connectivity index (χ0) is 34.0. The number of ether oxygens (including phenoxy) is 3. The minimum Gasteiger partial charge on any atom is -0.493 e. The van der Waals surface area contributed by atoms with Crippen molar-refractivity contribution < 1.29 is 33.8 Å². The summed E-state index contributed by atoms with van der Waals surface area (Å²) in [4.78, 5) is 48.0. The number of unbranched alkanes of at least 4 members (excludes halogenated alkanes) is 2. The van der Waals surface area contributed by atoms with Gasteiger partial charge in [0.25, 0.3) is 11.6 Å². The summed E-state index contributed by atoms with van der Waals surface area (Å²) in [6.45, 7) is 8.43. The first-order valence-corrected chi connectivity index (χ1v) is 15.7. The lowest BCUT2D eigenvalue weighted by Gasteiger charge is -2.14. The van der Waals surface area contributed by atoms with E-state index in [1.165, 1.54) is 25.7 Å². The molecule has 45 heavy (non-hydrogen) atoms. The fourth-order valence-electron chi connectivity index (χ4n) is 3.73. The summed E-state index contributed by atoms with van der Waals surface area (Å²) in [5.74, 6) is 1.11. The molecule has 0 radical (unpaired) electrons. The van der Waals surface area contributed by atoms with Crippen molar-refractivity contribution in [1.29, 1.82) is 0 Å². The maximum Gasteiger partial charge on any atom is 0.294 e. The molecule has 0 spiro atoms. The molecule has 1 aliphatic rings. The van der Waals surface area contributed by atoms with E-state index in [0.29, 0.717) is 17.5 Å². The Balaban J connectivity index is 0. The third kappa shape index (κ3) is 27.7. The number of hydrogen-bond donors (Lipinski definition) is 0. The van der Waals surface area contributed by atoms with E-state index in [1.807, 2.05) is 32.0 Å². The molecular weight excluding hydrogens is 610 g/mol. The predicted octanol–water partition coefficient (Wildman–Crippen LogP) is 8.22. The number of carbonyl (C=O) groups excluding carboxylic acids is 1. The average molecular weight is 660 g/mol. The molecule has 0 saturated heterocycles. The molecule has 0 bridgehead atoms. The van der Waals surface area contributed by atoms with Crippen LogP contribution in [0.4, 0.5) is 0 Å². The summed E-state index contributed by atoms with van der Waals surface area (Å²) < 4.78 is 14.9. The van der Waals surface area contributed by atoms with Crippen LogP contribution in [0.3, 0.4) is 0 Å². The van der Waals surface area contributed by atoms with Crippen molar-refractivity contribution in [2.75, 3.05) is 33.0 Å². The molecule has 0 aliphatic heterocycles. The molecule has 1 aliphatic carbocycles. The van der Waals surface area contributed by atoms with E-state index in [4.69, 9.17) is 21.1 Å². The van der Waals surface area contributed by atoms with Gasteiger partial charge in [-0.2, -0.15) is 4.91 Å². The van der Waals surface area contributed by atoms with E-state index in [1.54, 1.807) is 6.07 Å². The fourth-order valence-corrected chi connectivity index (χ4v) is 3.91. The topological polar surface area (TPSA) is 165 Å². The standard InChI is InChI=1S/C15H18ClNO2.C8H16.C6H10N2O8.C2H6/c16-13-7-4-8-14(11-13)19-10-2-1-5-12-6-3-9-15(12)17-18;1-3-5-7-8-6-4-2;9-5-13-3-6(4-16-8(11)12)14-1-2-15-7-10;1-2/h1,4-5,7-8,11-12,15H,2-3,6,9-10H2;5,7H,3-4,6,8H2,1-2H3;5-6H,1-4H2;1-2H3/b5-1+;7-5-;;. The molecule has 13 nitrogen and oxygen atoms in total. The maximum atomic E-state index is 10.6. The lowest BCUT2D eigenvalue weighted by Crippen LogP contribution is -2.28. The zero-order valence-electron chi connectivity index (χ0n) is 26.9. The summed E-state index contributed by atoms with van der Waals surface area (Å²) in [6.07, 6.45) is 16.9. The average Bonchev–Trinajstić information content (AvgIpc) is 3.51. The van der Waals surface area contributed by atoms with Gasteiger partial charge in [0.05, 0.1) is 19.3 Å². The van der Waals surface area contributed by atoms with Gasteiger partial charge in [0.2, 0.25) is 0 Å². The molecule has 0 N–H and O–H groups in total. The first kappa shape index (κ1) is 43.5. The van der Waals surface area contributed by atoms with Crippen molar-refractivity contribution in [1.82, 2.24) is 0 Å². The summed E-state index contributed by atoms with van der Waals surface area (Å²) in [6, 6.07) is 7.35. The summed E-state index contributed by atoms with van der Waals surface area (Å²) in [7, 11) is 0. The molecule has 0 amide bonds. The van der Waals surface area contributed by atoms with E-state index < -0.39 is 17.8 Å². The van der Waals surface area contributed by atoms with Gasteiger partial charge in [-0.3, -0.25) is 4.79 Å². The van der Waals surface area contributed by atoms with Crippen LogP contribution in [-0.2, 0) is 23.9 Å². The first-order valence-electron chi connectivity index (χ1n) is 15.3. The Morgan fingerprint density at radius 3 is 2.47 bits per heavy atom. The second-order valence-electron chi connectivity index (χ2n) is 9.16. The molecule has 14 heteroatoms. The number of rotatable bonds is 21. The monoisotopic (exact) mass is 659 g/mol. The molecule has 1 aromatic carbocycles. The van der Waals surface area contributed by atoms with Crippen LogP contribution in [-0.4, -0.2) is 56.7 Å². The quantitative estimate of drug-likeness (QED) is 0.0313. The number of carbonyl (C=O) groups is 1. The smallest absolute Gasteiger partial charge is 0.294 e. The highest BCUT2D eigenvalue weighted by Gasteiger charge is 2.25. The van der Waals surface area contributed by atoms with E-state index in [0.717, 1.165) is 31.4 Å².